The number of hydrogen-bond donors (Lipinski definition) is 1. The topological polar surface area (TPSA) is 47.7 Å². The van der Waals surface area contributed by atoms with Crippen molar-refractivity contribution in [1.29, 1.82) is 0 Å². The van der Waals surface area contributed by atoms with Crippen LogP contribution in [-0.2, 0) is 9.47 Å². The fourth-order valence-electron chi connectivity index (χ4n) is 2.19. The molecule has 16 heavy (non-hydrogen) atoms. The Kier molecular flexibility index (Phi) is 7.76. The van der Waals surface area contributed by atoms with E-state index in [1.165, 1.54) is 25.9 Å². The second kappa shape index (κ2) is 8.93. The molecule has 96 valence electrons. The predicted molar refractivity (Wildman–Crippen MR) is 65.5 cm³/mol. The van der Waals surface area contributed by atoms with Crippen LogP contribution in [0, 0.1) is 5.92 Å². The summed E-state index contributed by atoms with van der Waals surface area (Å²) in [6.45, 7) is 6.76. The number of nitrogens with two attached hydrogens (primary N) is 1. The number of ether oxygens (including phenoxy) is 2. The van der Waals surface area contributed by atoms with E-state index >= 15 is 0 Å². The average molecular weight is 230 g/mol. The molecule has 4 heteroatoms. The largest absolute Gasteiger partial charge is 0.385 e. The molecule has 1 aliphatic rings. The van der Waals surface area contributed by atoms with Gasteiger partial charge in [0.25, 0.3) is 0 Å². The monoisotopic (exact) mass is 230 g/mol. The van der Waals surface area contributed by atoms with E-state index in [0.717, 1.165) is 45.2 Å². The highest BCUT2D eigenvalue weighted by atomic mass is 16.5. The minimum Gasteiger partial charge on any atom is -0.385 e. The van der Waals surface area contributed by atoms with Gasteiger partial charge < -0.3 is 20.1 Å². The Hall–Kier alpha value is -0.160. The van der Waals surface area contributed by atoms with E-state index in [9.17, 15) is 0 Å². The first kappa shape index (κ1) is 13.9. The van der Waals surface area contributed by atoms with Gasteiger partial charge in [0, 0.05) is 33.4 Å². The SMILES string of the molecule is COCCCOCCN1CCC(CCN)C1. The maximum absolute atomic E-state index is 5.57. The minimum absolute atomic E-state index is 0.794. The molecule has 0 aliphatic carbocycles. The number of likely N-dealkylation sites (tertiary alicyclic amines) is 1. The summed E-state index contributed by atoms with van der Waals surface area (Å²) < 4.78 is 10.5. The molecule has 0 aromatic carbocycles. The Labute approximate surface area is 99.1 Å². The number of methoxy groups -OCH3 is 1. The standard InChI is InChI=1S/C12H26N2O2/c1-15-8-2-9-16-10-7-14-6-4-12(11-14)3-5-13/h12H,2-11,13H2,1H3. The molecule has 2 N–H and O–H groups in total. The lowest BCUT2D eigenvalue weighted by Crippen LogP contribution is -2.25. The zero-order chi connectivity index (χ0) is 11.6. The van der Waals surface area contributed by atoms with Crippen LogP contribution in [0.5, 0.6) is 0 Å². The summed E-state index contributed by atoms with van der Waals surface area (Å²) in [6, 6.07) is 0. The highest BCUT2D eigenvalue weighted by Gasteiger charge is 2.20. The third-order valence-corrected chi connectivity index (χ3v) is 3.13. The maximum Gasteiger partial charge on any atom is 0.0593 e. The van der Waals surface area contributed by atoms with Crippen molar-refractivity contribution in [2.75, 3.05) is 53.1 Å². The Bertz CT molecular complexity index is 167. The molecule has 1 rings (SSSR count). The molecule has 0 spiro atoms. The van der Waals surface area contributed by atoms with Crippen LogP contribution in [0.4, 0.5) is 0 Å². The van der Waals surface area contributed by atoms with Crippen LogP contribution in [0.2, 0.25) is 0 Å². The third kappa shape index (κ3) is 5.80. The fraction of sp³-hybridized carbons (Fsp3) is 1.00. The van der Waals surface area contributed by atoms with E-state index in [-0.39, 0.29) is 0 Å². The van der Waals surface area contributed by atoms with Crippen molar-refractivity contribution in [3.8, 4) is 0 Å². The lowest BCUT2D eigenvalue weighted by Gasteiger charge is -2.15. The van der Waals surface area contributed by atoms with Crippen molar-refractivity contribution in [3.63, 3.8) is 0 Å². The lowest BCUT2D eigenvalue weighted by atomic mass is 10.1. The Morgan fingerprint density at radius 3 is 2.94 bits per heavy atom. The first-order valence-corrected chi connectivity index (χ1v) is 6.36. The van der Waals surface area contributed by atoms with Gasteiger partial charge in [-0.25, -0.2) is 0 Å². The van der Waals surface area contributed by atoms with Gasteiger partial charge in [-0.2, -0.15) is 0 Å². The number of rotatable bonds is 9. The molecular weight excluding hydrogens is 204 g/mol. The van der Waals surface area contributed by atoms with E-state index in [1.54, 1.807) is 7.11 Å². The van der Waals surface area contributed by atoms with Crippen LogP contribution in [0.1, 0.15) is 19.3 Å². The minimum atomic E-state index is 0.794. The summed E-state index contributed by atoms with van der Waals surface area (Å²) in [4.78, 5) is 2.48. The molecule has 0 aromatic heterocycles. The molecule has 1 aliphatic heterocycles. The molecule has 0 saturated carbocycles. The van der Waals surface area contributed by atoms with Gasteiger partial charge in [0.1, 0.15) is 0 Å². The number of hydrogen-bond acceptors (Lipinski definition) is 4. The lowest BCUT2D eigenvalue weighted by molar-refractivity contribution is 0.0877. The van der Waals surface area contributed by atoms with Crippen LogP contribution >= 0.6 is 0 Å². The zero-order valence-corrected chi connectivity index (χ0v) is 10.5. The van der Waals surface area contributed by atoms with Crippen molar-refractivity contribution >= 4 is 0 Å². The Morgan fingerprint density at radius 1 is 1.31 bits per heavy atom. The molecule has 0 radical (unpaired) electrons. The van der Waals surface area contributed by atoms with Crippen LogP contribution in [0.25, 0.3) is 0 Å². The molecule has 0 bridgehead atoms. The van der Waals surface area contributed by atoms with Crippen molar-refractivity contribution in [3.05, 3.63) is 0 Å². The Morgan fingerprint density at radius 2 is 2.19 bits per heavy atom. The van der Waals surface area contributed by atoms with Gasteiger partial charge in [-0.05, 0) is 38.3 Å². The van der Waals surface area contributed by atoms with Crippen LogP contribution in [-0.4, -0.2) is 58.0 Å². The highest BCUT2D eigenvalue weighted by molar-refractivity contribution is 4.75. The van der Waals surface area contributed by atoms with Crippen molar-refractivity contribution < 1.29 is 9.47 Å². The van der Waals surface area contributed by atoms with Gasteiger partial charge in [-0.1, -0.05) is 0 Å². The average Bonchev–Trinajstić information content (AvgIpc) is 2.72. The maximum atomic E-state index is 5.57. The van der Waals surface area contributed by atoms with Crippen LogP contribution in [0.3, 0.4) is 0 Å². The summed E-state index contributed by atoms with van der Waals surface area (Å²) >= 11 is 0. The van der Waals surface area contributed by atoms with E-state index in [1.807, 2.05) is 0 Å². The van der Waals surface area contributed by atoms with Gasteiger partial charge in [0.15, 0.2) is 0 Å². The van der Waals surface area contributed by atoms with Gasteiger partial charge >= 0.3 is 0 Å². The van der Waals surface area contributed by atoms with Crippen molar-refractivity contribution in [2.24, 2.45) is 11.7 Å². The quantitative estimate of drug-likeness (QED) is 0.593. The second-order valence-electron chi connectivity index (χ2n) is 4.49. The Balaban J connectivity index is 1.90. The van der Waals surface area contributed by atoms with Gasteiger partial charge in [-0.3, -0.25) is 0 Å². The first-order chi connectivity index (χ1) is 7.86. The molecule has 0 amide bonds. The molecule has 1 heterocycles. The molecule has 4 nitrogen and oxygen atoms in total. The molecule has 1 atom stereocenters. The zero-order valence-electron chi connectivity index (χ0n) is 10.5. The molecule has 1 unspecified atom stereocenters. The van der Waals surface area contributed by atoms with Gasteiger partial charge in [0.2, 0.25) is 0 Å². The summed E-state index contributed by atoms with van der Waals surface area (Å²) in [5.74, 6) is 0.818. The third-order valence-electron chi connectivity index (χ3n) is 3.13. The fourth-order valence-corrected chi connectivity index (χ4v) is 2.19. The smallest absolute Gasteiger partial charge is 0.0593 e. The molecular formula is C12H26N2O2. The number of nitrogens with zero attached hydrogens (tertiary/aromatic N) is 1. The summed E-state index contributed by atoms with van der Waals surface area (Å²) in [7, 11) is 1.72. The molecule has 1 saturated heterocycles. The molecule has 1 fully saturated rings. The van der Waals surface area contributed by atoms with Crippen LogP contribution < -0.4 is 5.73 Å². The van der Waals surface area contributed by atoms with E-state index in [2.05, 4.69) is 4.90 Å². The summed E-state index contributed by atoms with van der Waals surface area (Å²) in [5.41, 5.74) is 5.57. The summed E-state index contributed by atoms with van der Waals surface area (Å²) in [5, 5.41) is 0. The summed E-state index contributed by atoms with van der Waals surface area (Å²) in [6.07, 6.45) is 3.47. The second-order valence-corrected chi connectivity index (χ2v) is 4.49. The normalized spacial score (nSPS) is 21.8. The first-order valence-electron chi connectivity index (χ1n) is 6.36. The van der Waals surface area contributed by atoms with E-state index in [4.69, 9.17) is 15.2 Å². The van der Waals surface area contributed by atoms with Crippen molar-refractivity contribution in [2.45, 2.75) is 19.3 Å². The van der Waals surface area contributed by atoms with Gasteiger partial charge in [-0.15, -0.1) is 0 Å². The molecule has 0 aromatic rings. The van der Waals surface area contributed by atoms with E-state index < -0.39 is 0 Å². The van der Waals surface area contributed by atoms with Crippen molar-refractivity contribution in [1.82, 2.24) is 4.90 Å². The predicted octanol–water partition coefficient (Wildman–Crippen LogP) is 0.710. The van der Waals surface area contributed by atoms with Crippen LogP contribution in [0.15, 0.2) is 0 Å². The highest BCUT2D eigenvalue weighted by Crippen LogP contribution is 2.18. The van der Waals surface area contributed by atoms with E-state index in [0.29, 0.717) is 0 Å². The van der Waals surface area contributed by atoms with Gasteiger partial charge in [0.05, 0.1) is 6.61 Å².